The molecule has 5 heteroatoms. The molecule has 0 fully saturated rings. The first-order valence-corrected chi connectivity index (χ1v) is 6.90. The molecule has 18 heavy (non-hydrogen) atoms. The van der Waals surface area contributed by atoms with Crippen molar-refractivity contribution in [3.63, 3.8) is 0 Å². The highest BCUT2D eigenvalue weighted by Crippen LogP contribution is 2.13. The normalized spacial score (nSPS) is 10.4. The van der Waals surface area contributed by atoms with E-state index < -0.39 is 5.97 Å². The van der Waals surface area contributed by atoms with Gasteiger partial charge in [-0.3, -0.25) is 4.79 Å². The summed E-state index contributed by atoms with van der Waals surface area (Å²) in [6, 6.07) is 4.76. The summed E-state index contributed by atoms with van der Waals surface area (Å²) < 4.78 is 0.738. The largest absolute Gasteiger partial charge is 0.478 e. The van der Waals surface area contributed by atoms with Crippen molar-refractivity contribution in [1.29, 1.82) is 0 Å². The van der Waals surface area contributed by atoms with Gasteiger partial charge in [0.05, 0.1) is 5.56 Å². The van der Waals surface area contributed by atoms with Crippen molar-refractivity contribution in [2.75, 3.05) is 0 Å². The lowest BCUT2D eigenvalue weighted by atomic mass is 10.1. The van der Waals surface area contributed by atoms with Gasteiger partial charge in [-0.25, -0.2) is 4.79 Å². The minimum absolute atomic E-state index is 0.128. The molecule has 1 aromatic carbocycles. The van der Waals surface area contributed by atoms with Gasteiger partial charge in [0.2, 0.25) is 0 Å². The summed E-state index contributed by atoms with van der Waals surface area (Å²) >= 11 is 2.01. The van der Waals surface area contributed by atoms with Crippen LogP contribution >= 0.6 is 22.6 Å². The Kier molecular flexibility index (Phi) is 5.58. The monoisotopic (exact) mass is 361 g/mol. The first-order chi connectivity index (χ1) is 8.47. The van der Waals surface area contributed by atoms with Crippen LogP contribution in [0.5, 0.6) is 0 Å². The van der Waals surface area contributed by atoms with Crippen LogP contribution in [0.4, 0.5) is 0 Å². The summed E-state index contributed by atoms with van der Waals surface area (Å²) in [6.45, 7) is 4.01. The Labute approximate surface area is 120 Å². The zero-order valence-electron chi connectivity index (χ0n) is 10.4. The highest BCUT2D eigenvalue weighted by atomic mass is 127. The third-order valence-corrected chi connectivity index (χ3v) is 3.35. The van der Waals surface area contributed by atoms with Gasteiger partial charge in [0.25, 0.3) is 5.91 Å². The molecule has 0 unspecified atom stereocenters. The fourth-order valence-electron chi connectivity index (χ4n) is 1.61. The number of hydrogen-bond acceptors (Lipinski definition) is 2. The quantitative estimate of drug-likeness (QED) is 0.793. The van der Waals surface area contributed by atoms with Gasteiger partial charge in [-0.05, 0) is 53.6 Å². The molecule has 0 aromatic heterocycles. The number of carbonyl (C=O) groups excluding carboxylic acids is 1. The predicted octanol–water partition coefficient (Wildman–Crippen LogP) is 2.91. The van der Waals surface area contributed by atoms with Crippen molar-refractivity contribution < 1.29 is 14.7 Å². The van der Waals surface area contributed by atoms with Crippen LogP contribution in [-0.4, -0.2) is 23.0 Å². The molecule has 0 saturated heterocycles. The molecule has 4 nitrogen and oxygen atoms in total. The highest BCUT2D eigenvalue weighted by Gasteiger charge is 2.14. The first-order valence-electron chi connectivity index (χ1n) is 5.82. The molecule has 0 heterocycles. The van der Waals surface area contributed by atoms with Gasteiger partial charge in [0.1, 0.15) is 0 Å². The molecule has 0 aliphatic rings. The van der Waals surface area contributed by atoms with Crippen LogP contribution in [0.25, 0.3) is 0 Å². The molecule has 98 valence electrons. The van der Waals surface area contributed by atoms with Crippen LogP contribution in [0.15, 0.2) is 18.2 Å². The number of amides is 1. The van der Waals surface area contributed by atoms with Crippen molar-refractivity contribution >= 4 is 34.5 Å². The maximum Gasteiger partial charge on any atom is 0.335 e. The van der Waals surface area contributed by atoms with Gasteiger partial charge >= 0.3 is 5.97 Å². The zero-order chi connectivity index (χ0) is 13.7. The summed E-state index contributed by atoms with van der Waals surface area (Å²) in [4.78, 5) is 22.9. The fraction of sp³-hybridized carbons (Fsp3) is 0.385. The molecule has 2 N–H and O–H groups in total. The molecule has 0 radical (unpaired) electrons. The Hall–Kier alpha value is -1.11. The van der Waals surface area contributed by atoms with Crippen molar-refractivity contribution in [1.82, 2.24) is 5.32 Å². The van der Waals surface area contributed by atoms with E-state index >= 15 is 0 Å². The van der Waals surface area contributed by atoms with E-state index in [1.807, 2.05) is 36.4 Å². The second-order valence-electron chi connectivity index (χ2n) is 4.02. The van der Waals surface area contributed by atoms with Crippen LogP contribution in [0.3, 0.4) is 0 Å². The van der Waals surface area contributed by atoms with Gasteiger partial charge in [-0.15, -0.1) is 0 Å². The fourth-order valence-corrected chi connectivity index (χ4v) is 2.28. The van der Waals surface area contributed by atoms with E-state index in [9.17, 15) is 9.59 Å². The van der Waals surface area contributed by atoms with E-state index in [2.05, 4.69) is 5.32 Å². The van der Waals surface area contributed by atoms with E-state index in [1.54, 1.807) is 6.07 Å². The number of nitrogens with one attached hydrogen (secondary N) is 1. The molecule has 0 aliphatic heterocycles. The highest BCUT2D eigenvalue weighted by molar-refractivity contribution is 14.1. The zero-order valence-corrected chi connectivity index (χ0v) is 12.5. The van der Waals surface area contributed by atoms with Gasteiger partial charge < -0.3 is 10.4 Å². The molecular weight excluding hydrogens is 345 g/mol. The number of benzene rings is 1. The van der Waals surface area contributed by atoms with Crippen molar-refractivity contribution in [2.24, 2.45) is 0 Å². The minimum Gasteiger partial charge on any atom is -0.478 e. The molecular formula is C13H16INO3. The van der Waals surface area contributed by atoms with E-state index in [1.165, 1.54) is 12.1 Å². The molecule has 0 atom stereocenters. The second-order valence-corrected chi connectivity index (χ2v) is 5.27. The van der Waals surface area contributed by atoms with Crippen LogP contribution in [-0.2, 0) is 0 Å². The van der Waals surface area contributed by atoms with E-state index in [4.69, 9.17) is 5.11 Å². The lowest BCUT2D eigenvalue weighted by molar-refractivity contribution is 0.0697. The number of carboxylic acid groups (broad SMARTS) is 1. The number of aromatic carboxylic acids is 1. The van der Waals surface area contributed by atoms with E-state index in [-0.39, 0.29) is 17.5 Å². The number of hydrogen-bond donors (Lipinski definition) is 2. The van der Waals surface area contributed by atoms with E-state index in [0.717, 1.165) is 16.4 Å². The number of halogens is 1. The third-order valence-electron chi connectivity index (χ3n) is 2.73. The topological polar surface area (TPSA) is 66.4 Å². The maximum absolute atomic E-state index is 12.0. The van der Waals surface area contributed by atoms with Gasteiger partial charge in [0, 0.05) is 15.2 Å². The summed E-state index contributed by atoms with van der Waals surface area (Å²) in [7, 11) is 0. The Morgan fingerprint density at radius 2 is 1.78 bits per heavy atom. The van der Waals surface area contributed by atoms with Gasteiger partial charge in [-0.1, -0.05) is 13.8 Å². The Morgan fingerprint density at radius 3 is 2.28 bits per heavy atom. The first kappa shape index (κ1) is 14.9. The standard InChI is InChI=1S/C13H16INO3/c1-3-11(4-2)15-12(16)8-5-9(13(17)18)7-10(14)6-8/h5-7,11H,3-4H2,1-2H3,(H,15,16)(H,17,18). The van der Waals surface area contributed by atoms with Crippen LogP contribution < -0.4 is 5.32 Å². The van der Waals surface area contributed by atoms with Crippen LogP contribution in [0.1, 0.15) is 47.4 Å². The number of carbonyl (C=O) groups is 2. The summed E-state index contributed by atoms with van der Waals surface area (Å²) in [6.07, 6.45) is 1.72. The number of carboxylic acids is 1. The lowest BCUT2D eigenvalue weighted by Gasteiger charge is -2.15. The van der Waals surface area contributed by atoms with Crippen molar-refractivity contribution in [3.8, 4) is 0 Å². The molecule has 0 saturated carbocycles. The molecule has 1 aromatic rings. The van der Waals surface area contributed by atoms with Crippen molar-refractivity contribution in [3.05, 3.63) is 32.9 Å². The summed E-state index contributed by atoms with van der Waals surface area (Å²) in [5.74, 6) is -1.24. The summed E-state index contributed by atoms with van der Waals surface area (Å²) in [5, 5.41) is 11.8. The smallest absolute Gasteiger partial charge is 0.335 e. The van der Waals surface area contributed by atoms with Crippen molar-refractivity contribution in [2.45, 2.75) is 32.7 Å². The Bertz CT molecular complexity index is 456. The Morgan fingerprint density at radius 1 is 1.22 bits per heavy atom. The van der Waals surface area contributed by atoms with Gasteiger partial charge in [-0.2, -0.15) is 0 Å². The van der Waals surface area contributed by atoms with Gasteiger partial charge in [0.15, 0.2) is 0 Å². The second kappa shape index (κ2) is 6.72. The molecule has 0 bridgehead atoms. The molecule has 0 aliphatic carbocycles. The maximum atomic E-state index is 12.0. The average Bonchev–Trinajstić information content (AvgIpc) is 2.34. The molecule has 1 rings (SSSR count). The Balaban J connectivity index is 2.95. The summed E-state index contributed by atoms with van der Waals surface area (Å²) in [5.41, 5.74) is 0.530. The SMILES string of the molecule is CCC(CC)NC(=O)c1cc(I)cc(C(=O)O)c1. The molecule has 1 amide bonds. The average molecular weight is 361 g/mol. The molecule has 0 spiro atoms. The minimum atomic E-state index is -1.02. The van der Waals surface area contributed by atoms with E-state index in [0.29, 0.717) is 5.56 Å². The van der Waals surface area contributed by atoms with Crippen LogP contribution in [0, 0.1) is 3.57 Å². The third kappa shape index (κ3) is 3.97. The van der Waals surface area contributed by atoms with Crippen LogP contribution in [0.2, 0.25) is 0 Å². The lowest BCUT2D eigenvalue weighted by Crippen LogP contribution is -2.33. The number of rotatable bonds is 5. The predicted molar refractivity (Wildman–Crippen MR) is 78.0 cm³/mol.